The normalized spacial score (nSPS) is 26.5. The zero-order chi connectivity index (χ0) is 9.31. The van der Waals surface area contributed by atoms with E-state index in [0.717, 1.165) is 18.7 Å². The van der Waals surface area contributed by atoms with E-state index in [-0.39, 0.29) is 5.54 Å². The molecule has 1 aromatic rings. The third-order valence-corrected chi connectivity index (χ3v) is 3.03. The first-order valence-corrected chi connectivity index (χ1v) is 4.81. The Hall–Kier alpha value is -0.830. The van der Waals surface area contributed by atoms with Crippen LogP contribution in [0.3, 0.4) is 0 Å². The van der Waals surface area contributed by atoms with Gasteiger partial charge in [0.25, 0.3) is 0 Å². The quantitative estimate of drug-likeness (QED) is 0.751. The Balaban J connectivity index is 2.02. The lowest BCUT2D eigenvalue weighted by atomic mass is 9.86. The van der Waals surface area contributed by atoms with Crippen LogP contribution in [0.5, 0.6) is 0 Å². The fourth-order valence-electron chi connectivity index (χ4n) is 2.02. The van der Waals surface area contributed by atoms with E-state index in [2.05, 4.69) is 24.1 Å². The number of hydrogen-bond acceptors (Lipinski definition) is 3. The zero-order valence-corrected chi connectivity index (χ0v) is 8.21. The van der Waals surface area contributed by atoms with Gasteiger partial charge in [0.15, 0.2) is 6.39 Å². The molecule has 0 spiro atoms. The first-order chi connectivity index (χ1) is 6.18. The molecule has 1 saturated heterocycles. The van der Waals surface area contributed by atoms with Gasteiger partial charge in [-0.2, -0.15) is 0 Å². The highest BCUT2D eigenvalue weighted by Crippen LogP contribution is 2.28. The van der Waals surface area contributed by atoms with Crippen molar-refractivity contribution in [3.8, 4) is 0 Å². The lowest BCUT2D eigenvalue weighted by molar-refractivity contribution is 0.314. The average Bonchev–Trinajstić information content (AvgIpc) is 2.63. The van der Waals surface area contributed by atoms with E-state index in [4.69, 9.17) is 4.42 Å². The van der Waals surface area contributed by atoms with Gasteiger partial charge in [0.2, 0.25) is 0 Å². The molecule has 2 heterocycles. The van der Waals surface area contributed by atoms with E-state index < -0.39 is 0 Å². The maximum atomic E-state index is 5.25. The third kappa shape index (κ3) is 1.75. The highest BCUT2D eigenvalue weighted by Gasteiger charge is 2.34. The molecule has 1 fully saturated rings. The molecule has 0 amide bonds. The summed E-state index contributed by atoms with van der Waals surface area (Å²) in [6.07, 6.45) is 5.55. The van der Waals surface area contributed by atoms with Crippen LogP contribution < -0.4 is 5.32 Å². The Morgan fingerprint density at radius 3 is 3.08 bits per heavy atom. The maximum Gasteiger partial charge on any atom is 0.180 e. The Kier molecular flexibility index (Phi) is 2.12. The van der Waals surface area contributed by atoms with Crippen LogP contribution in [0.25, 0.3) is 0 Å². The van der Waals surface area contributed by atoms with Crippen LogP contribution in [0.1, 0.15) is 26.0 Å². The van der Waals surface area contributed by atoms with Crippen LogP contribution in [-0.2, 0) is 6.42 Å². The van der Waals surface area contributed by atoms with Crippen molar-refractivity contribution in [2.45, 2.75) is 32.2 Å². The van der Waals surface area contributed by atoms with Crippen molar-refractivity contribution in [1.82, 2.24) is 10.3 Å². The largest absolute Gasteiger partial charge is 0.449 e. The van der Waals surface area contributed by atoms with Crippen molar-refractivity contribution in [1.29, 1.82) is 0 Å². The molecular formula is C10H16N2O. The Morgan fingerprint density at radius 2 is 2.54 bits per heavy atom. The van der Waals surface area contributed by atoms with Gasteiger partial charge in [-0.1, -0.05) is 0 Å². The van der Waals surface area contributed by atoms with Gasteiger partial charge in [0, 0.05) is 12.0 Å². The minimum Gasteiger partial charge on any atom is -0.449 e. The molecular weight excluding hydrogens is 164 g/mol. The molecule has 1 aliphatic rings. The van der Waals surface area contributed by atoms with Crippen LogP contribution in [-0.4, -0.2) is 17.1 Å². The Labute approximate surface area is 78.5 Å². The number of oxazole rings is 1. The molecule has 0 saturated carbocycles. The second-order valence-electron chi connectivity index (χ2n) is 4.31. The van der Waals surface area contributed by atoms with Crippen LogP contribution in [0.15, 0.2) is 17.0 Å². The van der Waals surface area contributed by atoms with Gasteiger partial charge in [-0.05, 0) is 32.7 Å². The van der Waals surface area contributed by atoms with Gasteiger partial charge < -0.3 is 9.73 Å². The summed E-state index contributed by atoms with van der Waals surface area (Å²) in [6.45, 7) is 5.62. The second-order valence-corrected chi connectivity index (χ2v) is 4.31. The first-order valence-electron chi connectivity index (χ1n) is 4.81. The molecule has 2 rings (SSSR count). The van der Waals surface area contributed by atoms with Gasteiger partial charge in [0.05, 0.1) is 6.20 Å². The minimum atomic E-state index is 0.243. The molecule has 1 unspecified atom stereocenters. The van der Waals surface area contributed by atoms with E-state index in [0.29, 0.717) is 5.92 Å². The van der Waals surface area contributed by atoms with E-state index in [9.17, 15) is 0 Å². The minimum absolute atomic E-state index is 0.243. The molecule has 3 heteroatoms. The number of rotatable bonds is 2. The SMILES string of the molecule is CC1(C)NCCC1Cc1cnco1. The van der Waals surface area contributed by atoms with Crippen LogP contribution in [0.2, 0.25) is 0 Å². The van der Waals surface area contributed by atoms with E-state index in [1.807, 2.05) is 6.20 Å². The predicted molar refractivity (Wildman–Crippen MR) is 50.4 cm³/mol. The molecule has 1 N–H and O–H groups in total. The van der Waals surface area contributed by atoms with Gasteiger partial charge in [0.1, 0.15) is 5.76 Å². The van der Waals surface area contributed by atoms with Gasteiger partial charge >= 0.3 is 0 Å². The fraction of sp³-hybridized carbons (Fsp3) is 0.700. The first kappa shape index (κ1) is 8.75. The monoisotopic (exact) mass is 180 g/mol. The molecule has 0 aliphatic carbocycles. The summed E-state index contributed by atoms with van der Waals surface area (Å²) < 4.78 is 5.25. The topological polar surface area (TPSA) is 38.1 Å². The summed E-state index contributed by atoms with van der Waals surface area (Å²) >= 11 is 0. The van der Waals surface area contributed by atoms with Crippen molar-refractivity contribution in [3.63, 3.8) is 0 Å². The van der Waals surface area contributed by atoms with Crippen LogP contribution in [0, 0.1) is 5.92 Å². The number of nitrogens with zero attached hydrogens (tertiary/aromatic N) is 1. The average molecular weight is 180 g/mol. The van der Waals surface area contributed by atoms with E-state index >= 15 is 0 Å². The van der Waals surface area contributed by atoms with Crippen molar-refractivity contribution >= 4 is 0 Å². The lowest BCUT2D eigenvalue weighted by Crippen LogP contribution is -2.38. The summed E-state index contributed by atoms with van der Waals surface area (Å²) in [4.78, 5) is 3.92. The summed E-state index contributed by atoms with van der Waals surface area (Å²) in [5, 5.41) is 3.50. The molecule has 0 bridgehead atoms. The summed E-state index contributed by atoms with van der Waals surface area (Å²) in [5.41, 5.74) is 0.243. The summed E-state index contributed by atoms with van der Waals surface area (Å²) in [5.74, 6) is 1.67. The molecule has 0 radical (unpaired) electrons. The Bertz CT molecular complexity index is 266. The fourth-order valence-corrected chi connectivity index (χ4v) is 2.02. The molecule has 13 heavy (non-hydrogen) atoms. The van der Waals surface area contributed by atoms with Crippen molar-refractivity contribution in [2.75, 3.05) is 6.54 Å². The summed E-state index contributed by atoms with van der Waals surface area (Å²) in [7, 11) is 0. The molecule has 1 aliphatic heterocycles. The van der Waals surface area contributed by atoms with Gasteiger partial charge in [-0.25, -0.2) is 4.98 Å². The van der Waals surface area contributed by atoms with Gasteiger partial charge in [-0.15, -0.1) is 0 Å². The predicted octanol–water partition coefficient (Wildman–Crippen LogP) is 1.61. The van der Waals surface area contributed by atoms with E-state index in [1.165, 1.54) is 12.8 Å². The molecule has 1 aromatic heterocycles. The number of hydrogen-bond donors (Lipinski definition) is 1. The molecule has 1 atom stereocenters. The maximum absolute atomic E-state index is 5.25. The molecule has 0 aromatic carbocycles. The summed E-state index contributed by atoms with van der Waals surface area (Å²) in [6, 6.07) is 0. The van der Waals surface area contributed by atoms with Crippen molar-refractivity contribution in [3.05, 3.63) is 18.4 Å². The zero-order valence-electron chi connectivity index (χ0n) is 8.21. The molecule has 3 nitrogen and oxygen atoms in total. The smallest absolute Gasteiger partial charge is 0.180 e. The van der Waals surface area contributed by atoms with Crippen molar-refractivity contribution in [2.24, 2.45) is 5.92 Å². The Morgan fingerprint density at radius 1 is 1.69 bits per heavy atom. The third-order valence-electron chi connectivity index (χ3n) is 3.03. The highest BCUT2D eigenvalue weighted by atomic mass is 16.3. The van der Waals surface area contributed by atoms with Gasteiger partial charge in [-0.3, -0.25) is 0 Å². The highest BCUT2D eigenvalue weighted by molar-refractivity contribution is 5.00. The lowest BCUT2D eigenvalue weighted by Gasteiger charge is -2.26. The number of nitrogens with one attached hydrogen (secondary N) is 1. The van der Waals surface area contributed by atoms with E-state index in [1.54, 1.807) is 0 Å². The second kappa shape index (κ2) is 3.14. The van der Waals surface area contributed by atoms with Crippen LogP contribution >= 0.6 is 0 Å². The van der Waals surface area contributed by atoms with Crippen LogP contribution in [0.4, 0.5) is 0 Å². The van der Waals surface area contributed by atoms with Crippen molar-refractivity contribution < 1.29 is 4.42 Å². The standard InChI is InChI=1S/C10H16N2O/c1-10(2)8(3-4-12-10)5-9-6-11-7-13-9/h6-8,12H,3-5H2,1-2H3. The number of aromatic nitrogens is 1. The molecule has 72 valence electrons.